The van der Waals surface area contributed by atoms with E-state index in [9.17, 15) is 19.2 Å². The molecule has 3 N–H and O–H groups in total. The molecule has 0 amide bonds. The molecule has 4 heterocycles. The fraction of sp³-hybridized carbons (Fsp3) is 0.0400. The summed E-state index contributed by atoms with van der Waals surface area (Å²) in [5, 5.41) is 17.8. The highest BCUT2D eigenvalue weighted by Gasteiger charge is 2.16. The van der Waals surface area contributed by atoms with E-state index in [2.05, 4.69) is 30.1 Å². The van der Waals surface area contributed by atoms with Crippen LogP contribution in [0.3, 0.4) is 0 Å². The topological polar surface area (TPSA) is 191 Å². The maximum atomic E-state index is 12.8. The minimum atomic E-state index is -1.18. The number of ether oxygens (including phenoxy) is 1. The number of carboxylic acid groups (broad SMARTS) is 1. The van der Waals surface area contributed by atoms with E-state index in [1.54, 1.807) is 12.1 Å². The number of H-pyrrole nitrogens is 2. The van der Waals surface area contributed by atoms with Crippen molar-refractivity contribution < 1.29 is 19.4 Å². The Balaban J connectivity index is 1.26. The van der Waals surface area contributed by atoms with Crippen LogP contribution in [-0.4, -0.2) is 62.8 Å². The summed E-state index contributed by atoms with van der Waals surface area (Å²) in [5.74, 6) is -1.72. The average Bonchev–Trinajstić information content (AvgIpc) is 3.64. The van der Waals surface area contributed by atoms with Crippen LogP contribution in [0.4, 0.5) is 0 Å². The fourth-order valence-electron chi connectivity index (χ4n) is 3.88. The number of thioether (sulfide) groups is 1. The number of carboxylic acids is 1. The molecule has 14 nitrogen and oxygen atoms in total. The Hall–Kier alpha value is -5.57. The molecule has 0 radical (unpaired) electrons. The van der Waals surface area contributed by atoms with Gasteiger partial charge in [0.15, 0.2) is 0 Å². The molecule has 198 valence electrons. The van der Waals surface area contributed by atoms with E-state index >= 15 is 0 Å². The van der Waals surface area contributed by atoms with Gasteiger partial charge in [-0.3, -0.25) is 19.6 Å². The monoisotopic (exact) mass is 556 g/mol. The molecule has 4 aromatic heterocycles. The molecule has 0 atom stereocenters. The number of aromatic carboxylic acids is 1. The highest BCUT2D eigenvalue weighted by atomic mass is 32.2. The molecule has 2 aromatic carbocycles. The van der Waals surface area contributed by atoms with Crippen LogP contribution in [0.15, 0.2) is 75.7 Å². The quantitative estimate of drug-likeness (QED) is 0.155. The number of rotatable bonds is 6. The number of fused-ring (bicyclic) bond motifs is 2. The highest BCUT2D eigenvalue weighted by molar-refractivity contribution is 7.98. The third-order valence-corrected chi connectivity index (χ3v) is 6.58. The second-order valence-corrected chi connectivity index (χ2v) is 9.26. The molecule has 15 heteroatoms. The van der Waals surface area contributed by atoms with Gasteiger partial charge in [-0.2, -0.15) is 10.2 Å². The van der Waals surface area contributed by atoms with Gasteiger partial charge in [-0.15, -0.1) is 11.8 Å². The Morgan fingerprint density at radius 2 is 1.50 bits per heavy atom. The molecule has 0 spiro atoms. The number of nitrogens with zero attached hydrogens (tertiary/aromatic N) is 6. The Bertz CT molecular complexity index is 2090. The van der Waals surface area contributed by atoms with Crippen molar-refractivity contribution in [2.24, 2.45) is 0 Å². The van der Waals surface area contributed by atoms with Gasteiger partial charge in [0.2, 0.25) is 11.9 Å². The number of aromatic amines is 2. The van der Waals surface area contributed by atoms with E-state index in [0.29, 0.717) is 10.9 Å². The number of carbonyl (C=O) groups excluding carboxylic acids is 1. The van der Waals surface area contributed by atoms with E-state index < -0.39 is 17.5 Å². The molecule has 0 fully saturated rings. The number of nitrogens with one attached hydrogen (secondary N) is 2. The van der Waals surface area contributed by atoms with Gasteiger partial charge in [-0.25, -0.2) is 28.9 Å². The first-order valence-electron chi connectivity index (χ1n) is 11.5. The summed E-state index contributed by atoms with van der Waals surface area (Å²) < 4.78 is 7.83. The maximum absolute atomic E-state index is 12.8. The molecule has 0 aliphatic heterocycles. The van der Waals surface area contributed by atoms with E-state index in [1.807, 2.05) is 12.3 Å². The summed E-state index contributed by atoms with van der Waals surface area (Å²) in [6, 6.07) is 9.60. The van der Waals surface area contributed by atoms with Crippen LogP contribution in [0.1, 0.15) is 20.7 Å². The van der Waals surface area contributed by atoms with Crippen LogP contribution in [0.25, 0.3) is 33.7 Å². The van der Waals surface area contributed by atoms with Crippen molar-refractivity contribution in [3.05, 3.63) is 93.0 Å². The van der Waals surface area contributed by atoms with Gasteiger partial charge in [-0.05, 0) is 36.6 Å². The normalized spacial score (nSPS) is 11.2. The van der Waals surface area contributed by atoms with Crippen molar-refractivity contribution >= 4 is 45.5 Å². The molecule has 0 saturated heterocycles. The van der Waals surface area contributed by atoms with Gasteiger partial charge in [-0.1, -0.05) is 0 Å². The van der Waals surface area contributed by atoms with Crippen molar-refractivity contribution in [3.8, 4) is 17.6 Å². The second kappa shape index (κ2) is 9.63. The standard InChI is InChI=1S/C25H16N8O6S/c1-40-15-3-5-18-17(7-15)21(35)31-24(28-18)33-11-13(9-27-33)23(38)39-14-2-4-16-19(6-14)29-25(30-20(16)34)32-10-12(8-26-32)22(36)37/h2-11H,1H3,(H,36,37)(H,28,31,35)(H,29,30,34). The number of hydrogen-bond acceptors (Lipinski definition) is 10. The molecule has 0 unspecified atom stereocenters. The summed E-state index contributed by atoms with van der Waals surface area (Å²) in [4.78, 5) is 64.0. The molecule has 40 heavy (non-hydrogen) atoms. The molecular weight excluding hydrogens is 540 g/mol. The zero-order valence-corrected chi connectivity index (χ0v) is 21.2. The summed E-state index contributed by atoms with van der Waals surface area (Å²) in [6.07, 6.45) is 6.86. The Kier molecular flexibility index (Phi) is 5.96. The third kappa shape index (κ3) is 4.49. The number of carbonyl (C=O) groups is 2. The molecular formula is C25H16N8O6S. The van der Waals surface area contributed by atoms with Crippen LogP contribution in [0.5, 0.6) is 5.75 Å². The SMILES string of the molecule is CSc1ccc2nc(-n3cc(C(=O)Oc4ccc5c(=O)[nH]c(-n6cc(C(=O)O)cn6)nc5c4)cn3)[nH]c(=O)c2c1. The van der Waals surface area contributed by atoms with Crippen LogP contribution >= 0.6 is 11.8 Å². The first kappa shape index (κ1) is 24.7. The Labute approximate surface area is 226 Å². The minimum Gasteiger partial charge on any atom is -0.478 e. The molecule has 0 aliphatic carbocycles. The molecule has 6 rings (SSSR count). The number of benzene rings is 2. The summed E-state index contributed by atoms with van der Waals surface area (Å²) in [6.45, 7) is 0. The lowest BCUT2D eigenvalue weighted by molar-refractivity contribution is 0.0694. The van der Waals surface area contributed by atoms with Crippen molar-refractivity contribution in [3.63, 3.8) is 0 Å². The van der Waals surface area contributed by atoms with Gasteiger partial charge in [0.25, 0.3) is 11.1 Å². The van der Waals surface area contributed by atoms with Crippen LogP contribution in [0.2, 0.25) is 0 Å². The third-order valence-electron chi connectivity index (χ3n) is 5.86. The fourth-order valence-corrected chi connectivity index (χ4v) is 4.32. The van der Waals surface area contributed by atoms with Gasteiger partial charge < -0.3 is 9.84 Å². The van der Waals surface area contributed by atoms with Crippen molar-refractivity contribution in [1.29, 1.82) is 0 Å². The highest BCUT2D eigenvalue weighted by Crippen LogP contribution is 2.21. The zero-order valence-electron chi connectivity index (χ0n) is 20.4. The van der Waals surface area contributed by atoms with Crippen molar-refractivity contribution in [2.45, 2.75) is 4.90 Å². The summed E-state index contributed by atoms with van der Waals surface area (Å²) in [7, 11) is 0. The second-order valence-electron chi connectivity index (χ2n) is 8.38. The molecule has 0 aliphatic rings. The van der Waals surface area contributed by atoms with Crippen LogP contribution in [0, 0.1) is 0 Å². The Morgan fingerprint density at radius 3 is 2.17 bits per heavy atom. The van der Waals surface area contributed by atoms with Crippen LogP contribution in [-0.2, 0) is 0 Å². The predicted molar refractivity (Wildman–Crippen MR) is 143 cm³/mol. The van der Waals surface area contributed by atoms with Crippen molar-refractivity contribution in [1.82, 2.24) is 39.5 Å². The smallest absolute Gasteiger partial charge is 0.346 e. The molecule has 6 aromatic rings. The summed E-state index contributed by atoms with van der Waals surface area (Å²) >= 11 is 1.51. The first-order valence-corrected chi connectivity index (χ1v) is 12.7. The van der Waals surface area contributed by atoms with Gasteiger partial charge >= 0.3 is 11.9 Å². The number of hydrogen-bond donors (Lipinski definition) is 3. The zero-order chi connectivity index (χ0) is 28.0. The average molecular weight is 557 g/mol. The Morgan fingerprint density at radius 1 is 0.850 bits per heavy atom. The van der Waals surface area contributed by atoms with Crippen LogP contribution < -0.4 is 15.9 Å². The minimum absolute atomic E-state index is 0.0173. The maximum Gasteiger partial charge on any atom is 0.346 e. The lowest BCUT2D eigenvalue weighted by Crippen LogP contribution is -2.14. The lowest BCUT2D eigenvalue weighted by atomic mass is 10.2. The molecule has 0 saturated carbocycles. The predicted octanol–water partition coefficient (Wildman–Crippen LogP) is 2.17. The van der Waals surface area contributed by atoms with E-state index in [1.165, 1.54) is 53.2 Å². The van der Waals surface area contributed by atoms with E-state index in [4.69, 9.17) is 9.84 Å². The van der Waals surface area contributed by atoms with E-state index in [-0.39, 0.29) is 45.2 Å². The number of esters is 1. The van der Waals surface area contributed by atoms with Gasteiger partial charge in [0.1, 0.15) is 5.75 Å². The molecule has 0 bridgehead atoms. The van der Waals surface area contributed by atoms with Crippen molar-refractivity contribution in [2.75, 3.05) is 6.26 Å². The van der Waals surface area contributed by atoms with E-state index in [0.717, 1.165) is 15.8 Å². The largest absolute Gasteiger partial charge is 0.478 e. The summed E-state index contributed by atoms with van der Waals surface area (Å²) in [5.41, 5.74) is -0.175. The number of aromatic nitrogens is 8. The lowest BCUT2D eigenvalue weighted by Gasteiger charge is -2.06. The van der Waals surface area contributed by atoms with Gasteiger partial charge in [0.05, 0.1) is 45.3 Å². The first-order chi connectivity index (χ1) is 19.3. The van der Waals surface area contributed by atoms with Gasteiger partial charge in [0, 0.05) is 23.4 Å².